The number of rotatable bonds is 0. The monoisotopic (exact) mass is 188 g/mol. The van der Waals surface area contributed by atoms with Gasteiger partial charge in [-0.15, -0.1) is 0 Å². The molecule has 14 heavy (non-hydrogen) atoms. The largest absolute Gasteiger partial charge is 0.0745 e. The minimum atomic E-state index is 0.497. The van der Waals surface area contributed by atoms with E-state index in [1.165, 1.54) is 51.4 Å². The highest BCUT2D eigenvalue weighted by Gasteiger charge is 2.46. The van der Waals surface area contributed by atoms with E-state index in [1.54, 1.807) is 0 Å². The van der Waals surface area contributed by atoms with Crippen LogP contribution >= 0.6 is 0 Å². The Morgan fingerprint density at radius 3 is 2.14 bits per heavy atom. The molecule has 0 aromatic heterocycles. The number of hydrogen-bond donors (Lipinski definition) is 0. The first-order valence-electron chi connectivity index (χ1n) is 6.20. The summed E-state index contributed by atoms with van der Waals surface area (Å²) in [7, 11) is 0. The molecule has 3 aliphatic carbocycles. The maximum Gasteiger partial charge on any atom is 0.00726 e. The van der Waals surface area contributed by atoms with Gasteiger partial charge in [0.05, 0.1) is 0 Å². The Morgan fingerprint density at radius 2 is 1.43 bits per heavy atom. The Labute approximate surface area is 87.1 Å². The Kier molecular flexibility index (Phi) is 1.87. The van der Waals surface area contributed by atoms with E-state index >= 15 is 0 Å². The zero-order valence-corrected chi connectivity index (χ0v) is 8.97. The quantitative estimate of drug-likeness (QED) is 0.533. The van der Waals surface area contributed by atoms with Crippen molar-refractivity contribution in [3.05, 3.63) is 24.3 Å². The molecule has 0 amide bonds. The maximum absolute atomic E-state index is 2.45. The third-order valence-corrected chi connectivity index (χ3v) is 4.71. The van der Waals surface area contributed by atoms with Gasteiger partial charge in [-0.2, -0.15) is 0 Å². The summed E-state index contributed by atoms with van der Waals surface area (Å²) in [5.41, 5.74) is 1.24. The average Bonchev–Trinajstić information content (AvgIpc) is 2.78. The van der Waals surface area contributed by atoms with E-state index in [-0.39, 0.29) is 0 Å². The van der Waals surface area contributed by atoms with Crippen molar-refractivity contribution in [1.29, 1.82) is 0 Å². The van der Waals surface area contributed by atoms with Gasteiger partial charge < -0.3 is 0 Å². The fourth-order valence-electron chi connectivity index (χ4n) is 3.94. The van der Waals surface area contributed by atoms with E-state index in [9.17, 15) is 0 Å². The van der Waals surface area contributed by atoms with Gasteiger partial charge in [-0.05, 0) is 37.5 Å². The van der Waals surface area contributed by atoms with Crippen molar-refractivity contribution >= 4 is 0 Å². The molecule has 3 rings (SSSR count). The summed E-state index contributed by atoms with van der Waals surface area (Å²) in [6.07, 6.45) is 21.3. The van der Waals surface area contributed by atoms with Crippen LogP contribution in [0.4, 0.5) is 0 Å². The predicted octanol–water partition coefficient (Wildman–Crippen LogP) is 4.23. The van der Waals surface area contributed by atoms with Crippen molar-refractivity contribution in [3.63, 3.8) is 0 Å². The van der Waals surface area contributed by atoms with Crippen molar-refractivity contribution in [2.75, 3.05) is 0 Å². The Morgan fingerprint density at radius 1 is 0.714 bits per heavy atom. The van der Waals surface area contributed by atoms with Crippen molar-refractivity contribution in [1.82, 2.24) is 0 Å². The third kappa shape index (κ3) is 1.27. The zero-order chi connectivity index (χ0) is 9.49. The first-order valence-corrected chi connectivity index (χ1v) is 6.20. The summed E-state index contributed by atoms with van der Waals surface area (Å²) in [5.74, 6) is 0. The van der Waals surface area contributed by atoms with Gasteiger partial charge in [-0.25, -0.2) is 0 Å². The molecule has 0 heterocycles. The topological polar surface area (TPSA) is 0 Å². The standard InChI is InChI=1S/C14H20/c1-2-6-13(7-3-1)10-11-14(12-13)8-4-5-9-14/h4-5,8-9H,1-3,6-7,10-12H2. The summed E-state index contributed by atoms with van der Waals surface area (Å²) >= 11 is 0. The van der Waals surface area contributed by atoms with Crippen molar-refractivity contribution in [3.8, 4) is 0 Å². The van der Waals surface area contributed by atoms with E-state index in [0.717, 1.165) is 5.41 Å². The van der Waals surface area contributed by atoms with Crippen LogP contribution in [-0.2, 0) is 0 Å². The Hall–Kier alpha value is -0.520. The van der Waals surface area contributed by atoms with Crippen LogP contribution in [0.5, 0.6) is 0 Å². The summed E-state index contributed by atoms with van der Waals surface area (Å²) in [6, 6.07) is 0. The van der Waals surface area contributed by atoms with Crippen molar-refractivity contribution < 1.29 is 0 Å². The second-order valence-electron chi connectivity index (χ2n) is 5.69. The van der Waals surface area contributed by atoms with E-state index in [4.69, 9.17) is 0 Å². The van der Waals surface area contributed by atoms with E-state index in [2.05, 4.69) is 24.3 Å². The van der Waals surface area contributed by atoms with Gasteiger partial charge in [-0.3, -0.25) is 0 Å². The van der Waals surface area contributed by atoms with Gasteiger partial charge in [0.25, 0.3) is 0 Å². The SMILES string of the molecule is C1=CC2(C=C1)CCC1(CCCCC1)C2. The highest BCUT2D eigenvalue weighted by Crippen LogP contribution is 2.58. The molecule has 2 spiro atoms. The molecule has 0 heteroatoms. The third-order valence-electron chi connectivity index (χ3n) is 4.71. The molecule has 0 bridgehead atoms. The summed E-state index contributed by atoms with van der Waals surface area (Å²) < 4.78 is 0. The highest BCUT2D eigenvalue weighted by atomic mass is 14.5. The number of allylic oxidation sites excluding steroid dienone is 4. The molecule has 3 aliphatic rings. The molecule has 0 aromatic carbocycles. The van der Waals surface area contributed by atoms with Crippen molar-refractivity contribution in [2.24, 2.45) is 10.8 Å². The molecular weight excluding hydrogens is 168 g/mol. The normalized spacial score (nSPS) is 32.0. The van der Waals surface area contributed by atoms with Crippen LogP contribution in [0.25, 0.3) is 0 Å². The lowest BCUT2D eigenvalue weighted by Gasteiger charge is -2.34. The van der Waals surface area contributed by atoms with Crippen LogP contribution in [-0.4, -0.2) is 0 Å². The fourth-order valence-corrected chi connectivity index (χ4v) is 3.94. The lowest BCUT2D eigenvalue weighted by atomic mass is 9.71. The second-order valence-corrected chi connectivity index (χ2v) is 5.69. The zero-order valence-electron chi connectivity index (χ0n) is 8.97. The molecule has 76 valence electrons. The molecule has 0 aromatic rings. The summed E-state index contributed by atoms with van der Waals surface area (Å²) in [5, 5.41) is 0. The molecule has 0 N–H and O–H groups in total. The molecule has 2 fully saturated rings. The lowest BCUT2D eigenvalue weighted by Crippen LogP contribution is -2.22. The lowest BCUT2D eigenvalue weighted by molar-refractivity contribution is 0.186. The summed E-state index contributed by atoms with van der Waals surface area (Å²) in [6.45, 7) is 0. The Balaban J connectivity index is 1.79. The van der Waals surface area contributed by atoms with Crippen LogP contribution in [0.2, 0.25) is 0 Å². The number of hydrogen-bond acceptors (Lipinski definition) is 0. The van der Waals surface area contributed by atoms with Gasteiger partial charge in [-0.1, -0.05) is 43.6 Å². The summed E-state index contributed by atoms with van der Waals surface area (Å²) in [4.78, 5) is 0. The highest BCUT2D eigenvalue weighted by molar-refractivity contribution is 5.27. The van der Waals surface area contributed by atoms with Crippen LogP contribution in [0, 0.1) is 10.8 Å². The van der Waals surface area contributed by atoms with Crippen molar-refractivity contribution in [2.45, 2.75) is 51.4 Å². The molecule has 0 aliphatic heterocycles. The van der Waals surface area contributed by atoms with Crippen LogP contribution in [0.15, 0.2) is 24.3 Å². The maximum atomic E-state index is 2.45. The second kappa shape index (κ2) is 2.98. The van der Waals surface area contributed by atoms with Crippen LogP contribution < -0.4 is 0 Å². The van der Waals surface area contributed by atoms with Crippen LogP contribution in [0.3, 0.4) is 0 Å². The minimum Gasteiger partial charge on any atom is -0.0745 e. The van der Waals surface area contributed by atoms with E-state index in [1.807, 2.05) is 0 Å². The molecule has 0 atom stereocenters. The first-order chi connectivity index (χ1) is 6.83. The smallest absolute Gasteiger partial charge is 0.00726 e. The van der Waals surface area contributed by atoms with E-state index < -0.39 is 0 Å². The van der Waals surface area contributed by atoms with Crippen LogP contribution in [0.1, 0.15) is 51.4 Å². The predicted molar refractivity (Wildman–Crippen MR) is 60.1 cm³/mol. The first kappa shape index (κ1) is 8.76. The average molecular weight is 188 g/mol. The van der Waals surface area contributed by atoms with Gasteiger partial charge in [0.1, 0.15) is 0 Å². The molecular formula is C14H20. The minimum absolute atomic E-state index is 0.497. The molecule has 0 radical (unpaired) electrons. The molecule has 0 unspecified atom stereocenters. The Bertz CT molecular complexity index is 264. The molecule has 2 saturated carbocycles. The molecule has 0 nitrogen and oxygen atoms in total. The van der Waals surface area contributed by atoms with Gasteiger partial charge in [0, 0.05) is 5.41 Å². The van der Waals surface area contributed by atoms with Gasteiger partial charge in [0.2, 0.25) is 0 Å². The molecule has 0 saturated heterocycles. The van der Waals surface area contributed by atoms with Gasteiger partial charge >= 0.3 is 0 Å². The fraction of sp³-hybridized carbons (Fsp3) is 0.714. The van der Waals surface area contributed by atoms with E-state index in [0.29, 0.717) is 5.41 Å². The van der Waals surface area contributed by atoms with Gasteiger partial charge in [0.15, 0.2) is 0 Å².